The summed E-state index contributed by atoms with van der Waals surface area (Å²) in [5, 5.41) is 6.86. The molecule has 2 aromatic rings. The second kappa shape index (κ2) is 7.25. The maximum absolute atomic E-state index is 13.6. The quantitative estimate of drug-likeness (QED) is 0.770. The summed E-state index contributed by atoms with van der Waals surface area (Å²) in [6.45, 7) is 5.88. The van der Waals surface area contributed by atoms with Gasteiger partial charge in [0.15, 0.2) is 6.04 Å². The molecule has 0 spiro atoms. The lowest BCUT2D eigenvalue weighted by molar-refractivity contribution is -0.173. The number of anilines is 1. The Bertz CT molecular complexity index is 813. The smallest absolute Gasteiger partial charge is 0.410 e. The third-order valence-corrected chi connectivity index (χ3v) is 4.74. The second-order valence-corrected chi connectivity index (χ2v) is 6.88. The summed E-state index contributed by atoms with van der Waals surface area (Å²) in [6, 6.07) is 5.10. The summed E-state index contributed by atoms with van der Waals surface area (Å²) < 4.78 is 46.7. The molecular formula is C19H22F3N3O2. The molecule has 0 amide bonds. The Morgan fingerprint density at radius 1 is 1.33 bits per heavy atom. The number of ether oxygens (including phenoxy) is 1. The number of fused-ring (bicyclic) bond motifs is 1. The highest BCUT2D eigenvalue weighted by atomic mass is 19.4. The molecule has 1 aromatic carbocycles. The highest BCUT2D eigenvalue weighted by Gasteiger charge is 2.47. The van der Waals surface area contributed by atoms with Crippen molar-refractivity contribution in [3.8, 4) is 0 Å². The minimum Gasteiger partial charge on any atom is -0.462 e. The maximum Gasteiger partial charge on any atom is 0.410 e. The number of nitrogens with zero attached hydrogens (tertiary/aromatic N) is 2. The van der Waals surface area contributed by atoms with Gasteiger partial charge >= 0.3 is 12.1 Å². The molecule has 1 aliphatic rings. The van der Waals surface area contributed by atoms with E-state index < -0.39 is 24.2 Å². The lowest BCUT2D eigenvalue weighted by atomic mass is 9.94. The first-order chi connectivity index (χ1) is 12.7. The van der Waals surface area contributed by atoms with Crippen molar-refractivity contribution in [2.75, 3.05) is 11.9 Å². The molecule has 0 aliphatic carbocycles. The van der Waals surface area contributed by atoms with E-state index in [0.717, 1.165) is 22.0 Å². The molecule has 0 radical (unpaired) electrons. The molecule has 0 saturated heterocycles. The van der Waals surface area contributed by atoms with Crippen LogP contribution >= 0.6 is 0 Å². The van der Waals surface area contributed by atoms with Gasteiger partial charge in [-0.2, -0.15) is 18.3 Å². The van der Waals surface area contributed by atoms with Crippen LogP contribution in [0.1, 0.15) is 66.7 Å². The van der Waals surface area contributed by atoms with Gasteiger partial charge in [0.1, 0.15) is 11.4 Å². The number of aromatic nitrogens is 2. The molecule has 1 N–H and O–H groups in total. The van der Waals surface area contributed by atoms with E-state index in [1.54, 1.807) is 6.92 Å². The van der Waals surface area contributed by atoms with Gasteiger partial charge in [0.25, 0.3) is 0 Å². The summed E-state index contributed by atoms with van der Waals surface area (Å²) in [7, 11) is 0. The Morgan fingerprint density at radius 3 is 2.56 bits per heavy atom. The van der Waals surface area contributed by atoms with Gasteiger partial charge < -0.3 is 10.1 Å². The second-order valence-electron chi connectivity index (χ2n) is 6.88. The summed E-state index contributed by atoms with van der Waals surface area (Å²) in [5.41, 5.74) is 1.85. The lowest BCUT2D eigenvalue weighted by Gasteiger charge is -2.34. The number of hydrogen-bond donors (Lipinski definition) is 1. The Labute approximate surface area is 155 Å². The molecule has 0 fully saturated rings. The fraction of sp³-hybridized carbons (Fsp3) is 0.474. The summed E-state index contributed by atoms with van der Waals surface area (Å²) in [6.07, 6.45) is -3.56. The number of nitrogens with one attached hydrogen (secondary N) is 1. The number of esters is 1. The van der Waals surface area contributed by atoms with E-state index in [2.05, 4.69) is 24.3 Å². The first-order valence-electron chi connectivity index (χ1n) is 8.90. The van der Waals surface area contributed by atoms with Crippen LogP contribution in [0.15, 0.2) is 30.5 Å². The Balaban J connectivity index is 1.98. The van der Waals surface area contributed by atoms with Crippen molar-refractivity contribution < 1.29 is 22.7 Å². The van der Waals surface area contributed by atoms with Crippen LogP contribution < -0.4 is 5.32 Å². The van der Waals surface area contributed by atoms with Crippen LogP contribution in [0.25, 0.3) is 0 Å². The van der Waals surface area contributed by atoms with Crippen LogP contribution in [0.2, 0.25) is 0 Å². The van der Waals surface area contributed by atoms with Crippen molar-refractivity contribution >= 4 is 11.8 Å². The highest BCUT2D eigenvalue weighted by Crippen LogP contribution is 2.44. The van der Waals surface area contributed by atoms with Gasteiger partial charge in [0.2, 0.25) is 0 Å². The highest BCUT2D eigenvalue weighted by molar-refractivity contribution is 5.94. The molecule has 0 saturated carbocycles. The zero-order valence-electron chi connectivity index (χ0n) is 15.4. The summed E-state index contributed by atoms with van der Waals surface area (Å²) in [5.74, 6) is -0.318. The van der Waals surface area contributed by atoms with Crippen LogP contribution in [0.5, 0.6) is 0 Å². The van der Waals surface area contributed by atoms with Crippen molar-refractivity contribution in [3.63, 3.8) is 0 Å². The molecule has 8 heteroatoms. The minimum atomic E-state index is -4.48. The van der Waals surface area contributed by atoms with Crippen LogP contribution in [0.3, 0.4) is 0 Å². The third-order valence-electron chi connectivity index (χ3n) is 4.74. The van der Waals surface area contributed by atoms with Crippen LogP contribution in [0.4, 0.5) is 19.0 Å². The van der Waals surface area contributed by atoms with Gasteiger partial charge in [-0.1, -0.05) is 38.1 Å². The SMILES string of the molecule is CCOC(=O)c1cnn2c1N[C@@H](c1ccc(C(C)C)cc1)C[C@@H]2C(F)(F)F. The fourth-order valence-corrected chi connectivity index (χ4v) is 3.25. The molecule has 0 unspecified atom stereocenters. The van der Waals surface area contributed by atoms with E-state index in [1.807, 2.05) is 24.3 Å². The number of benzene rings is 1. The molecule has 27 heavy (non-hydrogen) atoms. The number of halogens is 3. The summed E-state index contributed by atoms with van der Waals surface area (Å²) >= 11 is 0. The number of rotatable bonds is 4. The maximum atomic E-state index is 13.6. The molecular weight excluding hydrogens is 359 g/mol. The van der Waals surface area contributed by atoms with E-state index >= 15 is 0 Å². The topological polar surface area (TPSA) is 56.1 Å². The van der Waals surface area contributed by atoms with Gasteiger partial charge in [-0.25, -0.2) is 9.48 Å². The van der Waals surface area contributed by atoms with E-state index in [9.17, 15) is 18.0 Å². The van der Waals surface area contributed by atoms with Crippen LogP contribution in [-0.2, 0) is 4.74 Å². The number of carbonyl (C=O) groups excluding carboxylic acids is 1. The van der Waals surface area contributed by atoms with Crippen molar-refractivity contribution in [1.82, 2.24) is 9.78 Å². The molecule has 5 nitrogen and oxygen atoms in total. The predicted molar refractivity (Wildman–Crippen MR) is 94.8 cm³/mol. The number of hydrogen-bond acceptors (Lipinski definition) is 4. The molecule has 1 aliphatic heterocycles. The number of carbonyl (C=O) groups is 1. The van der Waals surface area contributed by atoms with E-state index in [-0.39, 0.29) is 24.4 Å². The van der Waals surface area contributed by atoms with Gasteiger partial charge in [0, 0.05) is 6.42 Å². The van der Waals surface area contributed by atoms with E-state index in [0.29, 0.717) is 5.92 Å². The Morgan fingerprint density at radius 2 is 2.00 bits per heavy atom. The average Bonchev–Trinajstić information content (AvgIpc) is 3.04. The monoisotopic (exact) mass is 381 g/mol. The van der Waals surface area contributed by atoms with E-state index in [1.165, 1.54) is 0 Å². The van der Waals surface area contributed by atoms with Crippen LogP contribution in [-0.4, -0.2) is 28.5 Å². The van der Waals surface area contributed by atoms with E-state index in [4.69, 9.17) is 4.74 Å². The van der Waals surface area contributed by atoms with Gasteiger partial charge in [-0.15, -0.1) is 0 Å². The van der Waals surface area contributed by atoms with Crippen molar-refractivity contribution in [1.29, 1.82) is 0 Å². The Hall–Kier alpha value is -2.51. The molecule has 146 valence electrons. The van der Waals surface area contributed by atoms with Gasteiger partial charge in [-0.05, 0) is 24.0 Å². The molecule has 3 rings (SSSR count). The third kappa shape index (κ3) is 3.79. The largest absolute Gasteiger partial charge is 0.462 e. The molecule has 1 aromatic heterocycles. The first-order valence-corrected chi connectivity index (χ1v) is 8.90. The first kappa shape index (κ1) is 19.3. The lowest BCUT2D eigenvalue weighted by Crippen LogP contribution is -2.36. The van der Waals surface area contributed by atoms with Gasteiger partial charge in [0.05, 0.1) is 18.8 Å². The van der Waals surface area contributed by atoms with Gasteiger partial charge in [-0.3, -0.25) is 0 Å². The molecule has 2 atom stereocenters. The Kier molecular flexibility index (Phi) is 5.17. The van der Waals surface area contributed by atoms with Crippen LogP contribution in [0, 0.1) is 0 Å². The standard InChI is InChI=1S/C19H22F3N3O2/c1-4-27-18(26)14-10-23-25-16(19(20,21)22)9-15(24-17(14)25)13-7-5-12(6-8-13)11(2)3/h5-8,10-11,15-16,24H,4,9H2,1-3H3/t15-,16-/m1/s1. The zero-order valence-corrected chi connectivity index (χ0v) is 15.4. The molecule has 2 heterocycles. The van der Waals surface area contributed by atoms with Crippen molar-refractivity contribution in [2.45, 2.75) is 51.4 Å². The van der Waals surface area contributed by atoms with Crippen molar-refractivity contribution in [2.24, 2.45) is 0 Å². The fourth-order valence-electron chi connectivity index (χ4n) is 3.25. The average molecular weight is 381 g/mol. The zero-order chi connectivity index (χ0) is 19.8. The summed E-state index contributed by atoms with van der Waals surface area (Å²) in [4.78, 5) is 12.1. The number of alkyl halides is 3. The van der Waals surface area contributed by atoms with Crippen molar-refractivity contribution in [3.05, 3.63) is 47.2 Å². The predicted octanol–water partition coefficient (Wildman–Crippen LogP) is 4.84. The molecule has 0 bridgehead atoms. The normalized spacial score (nSPS) is 19.5. The minimum absolute atomic E-state index is 0.00889.